The first-order valence-electron chi connectivity index (χ1n) is 5.06. The minimum absolute atomic E-state index is 0.0427. The lowest BCUT2D eigenvalue weighted by Crippen LogP contribution is -2.27. The number of fused-ring (bicyclic) bond motifs is 1. The largest absolute Gasteiger partial charge is 0.352 e. The van der Waals surface area contributed by atoms with E-state index in [4.69, 9.17) is 0 Å². The highest BCUT2D eigenvalue weighted by atomic mass is 16.2. The number of carbonyl (C=O) groups is 2. The van der Waals surface area contributed by atoms with Crippen molar-refractivity contribution in [3.63, 3.8) is 0 Å². The van der Waals surface area contributed by atoms with Crippen LogP contribution in [0.3, 0.4) is 0 Å². The van der Waals surface area contributed by atoms with E-state index in [1.165, 1.54) is 11.7 Å². The average Bonchev–Trinajstić information content (AvgIpc) is 2.66. The van der Waals surface area contributed by atoms with Gasteiger partial charge in [-0.1, -0.05) is 0 Å². The Hall–Kier alpha value is -1.92. The SMILES string of the molecule is CNC(=O)c1nc2n(n1)CCCN(C)C2=O. The molecule has 0 saturated heterocycles. The van der Waals surface area contributed by atoms with Crippen LogP contribution in [-0.4, -0.2) is 52.1 Å². The van der Waals surface area contributed by atoms with Gasteiger partial charge in [0.25, 0.3) is 11.8 Å². The number of aromatic nitrogens is 3. The van der Waals surface area contributed by atoms with Gasteiger partial charge in [-0.2, -0.15) is 4.98 Å². The summed E-state index contributed by atoms with van der Waals surface area (Å²) in [6, 6.07) is 0. The van der Waals surface area contributed by atoms with Crippen molar-refractivity contribution in [3.05, 3.63) is 11.6 Å². The summed E-state index contributed by atoms with van der Waals surface area (Å²) in [5, 5.41) is 6.44. The van der Waals surface area contributed by atoms with Crippen LogP contribution in [0, 0.1) is 0 Å². The summed E-state index contributed by atoms with van der Waals surface area (Å²) in [7, 11) is 3.22. The van der Waals surface area contributed by atoms with Crippen LogP contribution in [0.5, 0.6) is 0 Å². The van der Waals surface area contributed by atoms with Gasteiger partial charge in [0, 0.05) is 27.2 Å². The zero-order valence-corrected chi connectivity index (χ0v) is 9.23. The molecule has 0 aliphatic carbocycles. The molecular weight excluding hydrogens is 210 g/mol. The fraction of sp³-hybridized carbons (Fsp3) is 0.556. The van der Waals surface area contributed by atoms with Gasteiger partial charge in [-0.25, -0.2) is 4.68 Å². The number of nitrogens with one attached hydrogen (secondary N) is 1. The van der Waals surface area contributed by atoms with E-state index in [9.17, 15) is 9.59 Å². The maximum absolute atomic E-state index is 11.8. The fourth-order valence-corrected chi connectivity index (χ4v) is 1.59. The Morgan fingerprint density at radius 1 is 1.44 bits per heavy atom. The highest BCUT2D eigenvalue weighted by molar-refractivity contribution is 5.94. The van der Waals surface area contributed by atoms with Crippen LogP contribution in [-0.2, 0) is 6.54 Å². The number of amides is 2. The quantitative estimate of drug-likeness (QED) is 0.670. The van der Waals surface area contributed by atoms with Crippen molar-refractivity contribution in [2.24, 2.45) is 0 Å². The Morgan fingerprint density at radius 2 is 2.19 bits per heavy atom. The molecule has 2 heterocycles. The Labute approximate surface area is 92.4 Å². The van der Waals surface area contributed by atoms with Crippen LogP contribution in [0.25, 0.3) is 0 Å². The Morgan fingerprint density at radius 3 is 2.88 bits per heavy atom. The summed E-state index contributed by atoms with van der Waals surface area (Å²) in [5.41, 5.74) is 0. The van der Waals surface area contributed by atoms with Crippen LogP contribution in [0.1, 0.15) is 27.7 Å². The highest BCUT2D eigenvalue weighted by Crippen LogP contribution is 2.08. The van der Waals surface area contributed by atoms with E-state index < -0.39 is 0 Å². The highest BCUT2D eigenvalue weighted by Gasteiger charge is 2.25. The summed E-state index contributed by atoms with van der Waals surface area (Å²) < 4.78 is 1.50. The van der Waals surface area contributed by atoms with Crippen molar-refractivity contribution in [2.45, 2.75) is 13.0 Å². The molecule has 16 heavy (non-hydrogen) atoms. The van der Waals surface area contributed by atoms with E-state index in [-0.39, 0.29) is 23.5 Å². The van der Waals surface area contributed by atoms with Gasteiger partial charge in [-0.15, -0.1) is 5.10 Å². The van der Waals surface area contributed by atoms with Gasteiger partial charge in [0.1, 0.15) is 0 Å². The number of hydrogen-bond donors (Lipinski definition) is 1. The van der Waals surface area contributed by atoms with Crippen molar-refractivity contribution in [3.8, 4) is 0 Å². The number of carbonyl (C=O) groups excluding carboxylic acids is 2. The molecule has 2 amide bonds. The molecule has 0 unspecified atom stereocenters. The summed E-state index contributed by atoms with van der Waals surface area (Å²) >= 11 is 0. The van der Waals surface area contributed by atoms with Gasteiger partial charge in [-0.05, 0) is 6.42 Å². The third-order valence-corrected chi connectivity index (χ3v) is 2.50. The van der Waals surface area contributed by atoms with E-state index in [0.717, 1.165) is 6.42 Å². The molecule has 86 valence electrons. The normalized spacial score (nSPS) is 15.6. The molecule has 1 aromatic rings. The van der Waals surface area contributed by atoms with Crippen molar-refractivity contribution >= 4 is 11.8 Å². The molecule has 0 radical (unpaired) electrons. The third-order valence-electron chi connectivity index (χ3n) is 2.50. The minimum atomic E-state index is -0.379. The number of aryl methyl sites for hydroxylation is 1. The fourth-order valence-electron chi connectivity index (χ4n) is 1.59. The molecule has 0 atom stereocenters. The second-order valence-electron chi connectivity index (χ2n) is 3.64. The van der Waals surface area contributed by atoms with Gasteiger partial charge in [0.15, 0.2) is 0 Å². The van der Waals surface area contributed by atoms with Crippen molar-refractivity contribution in [1.29, 1.82) is 0 Å². The summed E-state index contributed by atoms with van der Waals surface area (Å²) in [6.07, 6.45) is 0.811. The molecule has 0 spiro atoms. The van der Waals surface area contributed by atoms with Crippen LogP contribution in [0.2, 0.25) is 0 Å². The van der Waals surface area contributed by atoms with Crippen molar-refractivity contribution in [2.75, 3.05) is 20.6 Å². The molecule has 1 aliphatic rings. The lowest BCUT2D eigenvalue weighted by Gasteiger charge is -2.11. The van der Waals surface area contributed by atoms with Gasteiger partial charge < -0.3 is 10.2 Å². The average molecular weight is 223 g/mol. The zero-order chi connectivity index (χ0) is 11.7. The zero-order valence-electron chi connectivity index (χ0n) is 9.23. The van der Waals surface area contributed by atoms with Crippen LogP contribution in [0.15, 0.2) is 0 Å². The molecule has 7 nitrogen and oxygen atoms in total. The monoisotopic (exact) mass is 223 g/mol. The maximum atomic E-state index is 11.8. The summed E-state index contributed by atoms with van der Waals surface area (Å²) in [4.78, 5) is 28.7. The van der Waals surface area contributed by atoms with Crippen LogP contribution in [0.4, 0.5) is 0 Å². The predicted molar refractivity (Wildman–Crippen MR) is 55.0 cm³/mol. The van der Waals surface area contributed by atoms with Gasteiger partial charge in [-0.3, -0.25) is 9.59 Å². The molecule has 1 N–H and O–H groups in total. The van der Waals surface area contributed by atoms with E-state index >= 15 is 0 Å². The van der Waals surface area contributed by atoms with Crippen molar-refractivity contribution < 1.29 is 9.59 Å². The molecule has 2 rings (SSSR count). The minimum Gasteiger partial charge on any atom is -0.352 e. The standard InChI is InChI=1S/C9H13N5O2/c1-10-8(15)6-11-7-9(16)13(2)4-3-5-14(7)12-6/h3-5H2,1-2H3,(H,10,15). The molecule has 0 saturated carbocycles. The first-order valence-corrected chi connectivity index (χ1v) is 5.06. The predicted octanol–water partition coefficient (Wildman–Crippen LogP) is -0.887. The topological polar surface area (TPSA) is 80.1 Å². The van der Waals surface area contributed by atoms with E-state index in [0.29, 0.717) is 13.1 Å². The van der Waals surface area contributed by atoms with E-state index in [1.54, 1.807) is 11.9 Å². The number of nitrogens with zero attached hydrogens (tertiary/aromatic N) is 4. The molecule has 1 aliphatic heterocycles. The molecule has 0 aromatic carbocycles. The lowest BCUT2D eigenvalue weighted by atomic mass is 10.4. The smallest absolute Gasteiger partial charge is 0.291 e. The molecule has 1 aromatic heterocycles. The third kappa shape index (κ3) is 1.64. The summed E-state index contributed by atoms with van der Waals surface area (Å²) in [6.45, 7) is 1.29. The second-order valence-corrected chi connectivity index (χ2v) is 3.64. The maximum Gasteiger partial charge on any atom is 0.291 e. The van der Waals surface area contributed by atoms with Gasteiger partial charge >= 0.3 is 0 Å². The van der Waals surface area contributed by atoms with Gasteiger partial charge in [0.05, 0.1) is 0 Å². The van der Waals surface area contributed by atoms with Crippen molar-refractivity contribution in [1.82, 2.24) is 25.0 Å². The number of hydrogen-bond acceptors (Lipinski definition) is 4. The lowest BCUT2D eigenvalue weighted by molar-refractivity contribution is 0.0790. The Kier molecular flexibility index (Phi) is 2.59. The van der Waals surface area contributed by atoms with E-state index in [2.05, 4.69) is 15.4 Å². The van der Waals surface area contributed by atoms with Crippen LogP contribution >= 0.6 is 0 Å². The van der Waals surface area contributed by atoms with E-state index in [1.807, 2.05) is 0 Å². The van der Waals surface area contributed by atoms with Crippen LogP contribution < -0.4 is 5.32 Å². The first-order chi connectivity index (χ1) is 7.63. The molecule has 7 heteroatoms. The molecular formula is C9H13N5O2. The summed E-state index contributed by atoms with van der Waals surface area (Å²) in [5.74, 6) is -0.295. The Bertz CT molecular complexity index is 439. The van der Waals surface area contributed by atoms with Gasteiger partial charge in [0.2, 0.25) is 11.6 Å². The number of rotatable bonds is 1. The molecule has 0 bridgehead atoms. The molecule has 0 fully saturated rings. The Balaban J connectivity index is 2.39. The first kappa shape index (κ1) is 10.6. The second kappa shape index (κ2) is 3.92.